The van der Waals surface area contributed by atoms with E-state index in [4.69, 9.17) is 5.14 Å². The standard InChI is InChI=1S/C17H16F3N5O6S2/c1-9(12-6-7-22-8-13(12)24-33(21,30)31)14-15(26)25(16(27)23-14)10-2-4-11(5-3-10)32(28,29)17(18,19)20/h2-9,14,24H,1H3,(H,23,27)(H2,21,30,31). The number of sulfone groups is 1. The van der Waals surface area contributed by atoms with Crippen LogP contribution in [0.5, 0.6) is 0 Å². The Morgan fingerprint density at radius 1 is 1.12 bits per heavy atom. The van der Waals surface area contributed by atoms with Gasteiger partial charge in [0.15, 0.2) is 0 Å². The van der Waals surface area contributed by atoms with Crippen molar-refractivity contribution in [3.63, 3.8) is 0 Å². The van der Waals surface area contributed by atoms with Crippen LogP contribution in [0.3, 0.4) is 0 Å². The van der Waals surface area contributed by atoms with Gasteiger partial charge in [-0.15, -0.1) is 0 Å². The number of benzene rings is 1. The summed E-state index contributed by atoms with van der Waals surface area (Å²) in [6.45, 7) is 1.52. The summed E-state index contributed by atoms with van der Waals surface area (Å²) in [4.78, 5) is 28.7. The van der Waals surface area contributed by atoms with Gasteiger partial charge in [0.05, 0.1) is 22.5 Å². The minimum atomic E-state index is -5.60. The molecule has 0 aliphatic carbocycles. The molecule has 1 aromatic carbocycles. The van der Waals surface area contributed by atoms with Gasteiger partial charge in [0, 0.05) is 12.1 Å². The molecule has 1 saturated heterocycles. The van der Waals surface area contributed by atoms with Crippen molar-refractivity contribution in [3.8, 4) is 0 Å². The zero-order chi connectivity index (χ0) is 24.8. The van der Waals surface area contributed by atoms with E-state index in [0.29, 0.717) is 17.0 Å². The lowest BCUT2D eigenvalue weighted by atomic mass is 9.93. The van der Waals surface area contributed by atoms with Crippen molar-refractivity contribution in [1.29, 1.82) is 0 Å². The number of urea groups is 1. The van der Waals surface area contributed by atoms with E-state index in [0.717, 1.165) is 18.3 Å². The van der Waals surface area contributed by atoms with Gasteiger partial charge >= 0.3 is 11.5 Å². The summed E-state index contributed by atoms with van der Waals surface area (Å²) >= 11 is 0. The number of anilines is 2. The Morgan fingerprint density at radius 3 is 2.27 bits per heavy atom. The molecule has 178 valence electrons. The Labute approximate surface area is 185 Å². The minimum absolute atomic E-state index is 0.0188. The Kier molecular flexibility index (Phi) is 6.12. The van der Waals surface area contributed by atoms with E-state index in [1.54, 1.807) is 0 Å². The first kappa shape index (κ1) is 24.4. The van der Waals surface area contributed by atoms with Crippen LogP contribution < -0.4 is 20.1 Å². The van der Waals surface area contributed by atoms with E-state index in [-0.39, 0.29) is 16.9 Å². The molecule has 2 aromatic rings. The maximum absolute atomic E-state index is 12.9. The van der Waals surface area contributed by atoms with E-state index < -0.39 is 54.3 Å². The molecule has 3 rings (SSSR count). The molecule has 2 atom stereocenters. The van der Waals surface area contributed by atoms with Gasteiger partial charge in [-0.2, -0.15) is 21.6 Å². The maximum atomic E-state index is 12.9. The van der Waals surface area contributed by atoms with Gasteiger partial charge < -0.3 is 5.32 Å². The van der Waals surface area contributed by atoms with Crippen molar-refractivity contribution in [3.05, 3.63) is 48.3 Å². The molecule has 2 heterocycles. The van der Waals surface area contributed by atoms with E-state index in [1.165, 1.54) is 19.2 Å². The number of amides is 3. The highest BCUT2D eigenvalue weighted by molar-refractivity contribution is 7.92. The lowest BCUT2D eigenvalue weighted by molar-refractivity contribution is -0.118. The first-order chi connectivity index (χ1) is 15.1. The lowest BCUT2D eigenvalue weighted by Crippen LogP contribution is -2.35. The number of carbonyl (C=O) groups is 2. The number of rotatable bonds is 6. The van der Waals surface area contributed by atoms with Gasteiger partial charge in [-0.25, -0.2) is 23.3 Å². The number of aromatic nitrogens is 1. The van der Waals surface area contributed by atoms with Crippen LogP contribution in [-0.4, -0.2) is 45.3 Å². The molecule has 2 unspecified atom stereocenters. The van der Waals surface area contributed by atoms with Crippen molar-refractivity contribution in [2.75, 3.05) is 9.62 Å². The van der Waals surface area contributed by atoms with E-state index in [2.05, 4.69) is 15.0 Å². The number of halogens is 3. The molecule has 11 nitrogen and oxygen atoms in total. The zero-order valence-electron chi connectivity index (χ0n) is 16.6. The smallest absolute Gasteiger partial charge is 0.325 e. The van der Waals surface area contributed by atoms with Crippen LogP contribution in [0.1, 0.15) is 18.4 Å². The zero-order valence-corrected chi connectivity index (χ0v) is 18.2. The molecular weight excluding hydrogens is 491 g/mol. The minimum Gasteiger partial charge on any atom is -0.325 e. The van der Waals surface area contributed by atoms with Crippen molar-refractivity contribution >= 4 is 43.4 Å². The van der Waals surface area contributed by atoms with Crippen molar-refractivity contribution in [2.45, 2.75) is 29.3 Å². The van der Waals surface area contributed by atoms with Crippen LogP contribution in [0.4, 0.5) is 29.3 Å². The maximum Gasteiger partial charge on any atom is 0.501 e. The second-order valence-corrected chi connectivity index (χ2v) is 10.2. The Morgan fingerprint density at radius 2 is 1.73 bits per heavy atom. The van der Waals surface area contributed by atoms with Gasteiger partial charge in [-0.3, -0.25) is 14.5 Å². The monoisotopic (exact) mass is 507 g/mol. The van der Waals surface area contributed by atoms with Crippen molar-refractivity contribution < 1.29 is 39.6 Å². The summed E-state index contributed by atoms with van der Waals surface area (Å²) in [5, 5.41) is 7.40. The number of nitrogens with two attached hydrogens (primary N) is 1. The van der Waals surface area contributed by atoms with Gasteiger partial charge in [-0.1, -0.05) is 6.92 Å². The fourth-order valence-electron chi connectivity index (χ4n) is 3.21. The summed E-state index contributed by atoms with van der Waals surface area (Å²) < 4.78 is 86.0. The van der Waals surface area contributed by atoms with Gasteiger partial charge in [0.25, 0.3) is 26.0 Å². The first-order valence-corrected chi connectivity index (χ1v) is 12.0. The Bertz CT molecular complexity index is 1310. The number of carbonyl (C=O) groups excluding carboxylic acids is 2. The molecule has 33 heavy (non-hydrogen) atoms. The third-order valence-corrected chi connectivity index (χ3v) is 6.78. The molecule has 4 N–H and O–H groups in total. The predicted molar refractivity (Wildman–Crippen MR) is 109 cm³/mol. The van der Waals surface area contributed by atoms with Gasteiger partial charge in [0.2, 0.25) is 0 Å². The summed E-state index contributed by atoms with van der Waals surface area (Å²) in [6.07, 6.45) is 2.49. The molecule has 0 spiro atoms. The lowest BCUT2D eigenvalue weighted by Gasteiger charge is -2.21. The number of imide groups is 1. The summed E-state index contributed by atoms with van der Waals surface area (Å²) in [5.41, 5.74) is -5.41. The SMILES string of the molecule is CC(c1ccncc1NS(N)(=O)=O)C1NC(=O)N(c2ccc(S(=O)(=O)C(F)(F)F)cc2)C1=O. The van der Waals surface area contributed by atoms with Crippen LogP contribution >= 0.6 is 0 Å². The van der Waals surface area contributed by atoms with Crippen molar-refractivity contribution in [1.82, 2.24) is 10.3 Å². The molecule has 1 aliphatic heterocycles. The van der Waals surface area contributed by atoms with Gasteiger partial charge in [0.1, 0.15) is 6.04 Å². The summed E-state index contributed by atoms with van der Waals surface area (Å²) in [5.74, 6) is -1.58. The number of hydrogen-bond donors (Lipinski definition) is 3. The Hall–Kier alpha value is -3.24. The number of nitrogens with one attached hydrogen (secondary N) is 2. The summed E-state index contributed by atoms with van der Waals surface area (Å²) in [6, 6.07) is 2.38. The second kappa shape index (κ2) is 8.27. The van der Waals surface area contributed by atoms with Crippen LogP contribution in [0.15, 0.2) is 47.6 Å². The first-order valence-electron chi connectivity index (χ1n) is 8.94. The van der Waals surface area contributed by atoms with E-state index in [9.17, 15) is 39.6 Å². The molecule has 0 saturated carbocycles. The molecule has 1 aromatic heterocycles. The third-order valence-electron chi connectivity index (χ3n) is 4.78. The fraction of sp³-hybridized carbons (Fsp3) is 0.235. The third kappa shape index (κ3) is 4.76. The molecular formula is C17H16F3N5O6S2. The van der Waals surface area contributed by atoms with E-state index >= 15 is 0 Å². The quantitative estimate of drug-likeness (QED) is 0.494. The molecule has 0 radical (unpaired) electrons. The normalized spacial score (nSPS) is 18.2. The topological polar surface area (TPSA) is 169 Å². The molecule has 16 heteroatoms. The molecule has 1 aliphatic rings. The van der Waals surface area contributed by atoms with Crippen LogP contribution in [0.25, 0.3) is 0 Å². The number of pyridine rings is 1. The Balaban J connectivity index is 1.89. The van der Waals surface area contributed by atoms with Gasteiger partial charge in [-0.05, 0) is 35.9 Å². The highest BCUT2D eigenvalue weighted by Gasteiger charge is 2.47. The number of alkyl halides is 3. The number of nitrogens with zero attached hydrogens (tertiary/aromatic N) is 2. The molecule has 1 fully saturated rings. The van der Waals surface area contributed by atoms with Crippen molar-refractivity contribution in [2.24, 2.45) is 5.14 Å². The molecule has 0 bridgehead atoms. The van der Waals surface area contributed by atoms with Crippen LogP contribution in [-0.2, 0) is 24.8 Å². The largest absolute Gasteiger partial charge is 0.501 e. The predicted octanol–water partition coefficient (Wildman–Crippen LogP) is 1.22. The van der Waals surface area contributed by atoms with E-state index in [1.807, 2.05) is 0 Å². The average Bonchev–Trinajstić information content (AvgIpc) is 3.00. The second-order valence-electron chi connectivity index (χ2n) is 6.94. The van der Waals surface area contributed by atoms with Crippen LogP contribution in [0, 0.1) is 0 Å². The highest BCUT2D eigenvalue weighted by atomic mass is 32.2. The fourth-order valence-corrected chi connectivity index (χ4v) is 4.45. The molecule has 3 amide bonds. The number of hydrogen-bond acceptors (Lipinski definition) is 7. The van der Waals surface area contributed by atoms with Crippen LogP contribution in [0.2, 0.25) is 0 Å². The highest BCUT2D eigenvalue weighted by Crippen LogP contribution is 2.34. The average molecular weight is 507 g/mol. The summed E-state index contributed by atoms with van der Waals surface area (Å²) in [7, 11) is -9.76.